The topological polar surface area (TPSA) is 9.23 Å². The Hall–Kier alpha value is 1.64. The molecule has 0 rings (SSSR count). The van der Waals surface area contributed by atoms with Crippen LogP contribution in [0.3, 0.4) is 0 Å². The average molecular weight is 314 g/mol. The minimum absolute atomic E-state index is 0.710. The van der Waals surface area contributed by atoms with Crippen molar-refractivity contribution in [2.45, 2.75) is 0 Å². The van der Waals surface area contributed by atoms with Crippen LogP contribution in [0.15, 0.2) is 0 Å². The summed E-state index contributed by atoms with van der Waals surface area (Å²) in [5, 5.41) is 0. The fourth-order valence-electron chi connectivity index (χ4n) is 0. The van der Waals surface area contributed by atoms with Gasteiger partial charge in [0, 0.05) is 7.11 Å². The van der Waals surface area contributed by atoms with E-state index < -0.39 is 4.03 Å². The summed E-state index contributed by atoms with van der Waals surface area (Å²) >= 11 is 4.62. The molecule has 0 saturated heterocycles. The predicted molar refractivity (Wildman–Crippen MR) is 42.2 cm³/mol. The zero-order valence-corrected chi connectivity index (χ0v) is 8.21. The lowest BCUT2D eigenvalue weighted by atomic mass is 11.8. The highest BCUT2D eigenvalue weighted by molar-refractivity contribution is 14.3. The van der Waals surface area contributed by atoms with Crippen molar-refractivity contribution < 1.29 is 4.43 Å². The molecular formula is CH4I2OSi. The summed E-state index contributed by atoms with van der Waals surface area (Å²) in [6.07, 6.45) is 0. The first-order valence-electron chi connectivity index (χ1n) is 1.08. The number of hydrogen-bond acceptors (Lipinski definition) is 1. The van der Waals surface area contributed by atoms with E-state index >= 15 is 0 Å². The SMILES string of the molecule is CO[SiH](I)I. The number of hydrogen-bond donors (Lipinski definition) is 0. The van der Waals surface area contributed by atoms with Crippen LogP contribution in [0.4, 0.5) is 0 Å². The van der Waals surface area contributed by atoms with Gasteiger partial charge < -0.3 is 4.43 Å². The van der Waals surface area contributed by atoms with Crippen LogP contribution in [-0.2, 0) is 4.43 Å². The average Bonchev–Trinajstić information content (AvgIpc) is 1.38. The van der Waals surface area contributed by atoms with E-state index in [0.717, 1.165) is 0 Å². The summed E-state index contributed by atoms with van der Waals surface area (Å²) in [4.78, 5) is 0. The van der Waals surface area contributed by atoms with Crippen LogP contribution in [-0.4, -0.2) is 11.1 Å². The number of rotatable bonds is 1. The standard InChI is InChI=1S/CH4I2OSi/c1-4-5(2)3/h5H,1H3. The molecular weight excluding hydrogens is 310 g/mol. The second-order valence-corrected chi connectivity index (χ2v) is 15.4. The third-order valence-corrected chi connectivity index (χ3v) is 3.59. The molecule has 1 nitrogen and oxygen atoms in total. The third kappa shape index (κ3) is 5.64. The monoisotopic (exact) mass is 314 g/mol. The molecule has 0 N–H and O–H groups in total. The minimum atomic E-state index is -0.710. The largest absolute Gasteiger partial charge is 0.405 e. The maximum absolute atomic E-state index is 4.86. The molecule has 0 aromatic rings. The van der Waals surface area contributed by atoms with Gasteiger partial charge in [0.25, 0.3) is 0 Å². The quantitative estimate of drug-likeness (QED) is 0.402. The Morgan fingerprint density at radius 3 is 1.80 bits per heavy atom. The molecule has 0 spiro atoms. The van der Waals surface area contributed by atoms with E-state index in [0.29, 0.717) is 0 Å². The minimum Gasteiger partial charge on any atom is -0.405 e. The van der Waals surface area contributed by atoms with Crippen LogP contribution in [0, 0.1) is 0 Å². The molecule has 0 amide bonds. The highest BCUT2D eigenvalue weighted by Gasteiger charge is 1.89. The van der Waals surface area contributed by atoms with Crippen LogP contribution in [0.2, 0.25) is 0 Å². The normalized spacial score (nSPS) is 9.60. The third-order valence-electron chi connectivity index (χ3n) is 0.178. The van der Waals surface area contributed by atoms with E-state index in [9.17, 15) is 0 Å². The molecule has 0 aromatic heterocycles. The molecule has 0 fully saturated rings. The molecule has 0 aliphatic rings. The molecule has 0 saturated carbocycles. The van der Waals surface area contributed by atoms with Crippen molar-refractivity contribution in [1.29, 1.82) is 0 Å². The molecule has 0 aliphatic carbocycles. The lowest BCUT2D eigenvalue weighted by Gasteiger charge is -1.87. The van der Waals surface area contributed by atoms with Gasteiger partial charge in [-0.1, -0.05) is 43.6 Å². The van der Waals surface area contributed by atoms with E-state index in [1.165, 1.54) is 0 Å². The van der Waals surface area contributed by atoms with Crippen molar-refractivity contribution in [1.82, 2.24) is 0 Å². The van der Waals surface area contributed by atoms with Gasteiger partial charge in [0.05, 0.1) is 0 Å². The van der Waals surface area contributed by atoms with Gasteiger partial charge in [0.15, 0.2) is 0 Å². The Morgan fingerprint density at radius 1 is 1.60 bits per heavy atom. The summed E-state index contributed by atoms with van der Waals surface area (Å²) in [6.45, 7) is 0. The van der Waals surface area contributed by atoms with Gasteiger partial charge in [-0.05, 0) is 0 Å². The smallest absolute Gasteiger partial charge is 0.309 e. The van der Waals surface area contributed by atoms with Crippen molar-refractivity contribution in [2.75, 3.05) is 7.11 Å². The van der Waals surface area contributed by atoms with Crippen LogP contribution in [0.5, 0.6) is 0 Å². The molecule has 32 valence electrons. The molecule has 5 heavy (non-hydrogen) atoms. The molecule has 0 radical (unpaired) electrons. The summed E-state index contributed by atoms with van der Waals surface area (Å²) in [7, 11) is 1.75. The van der Waals surface area contributed by atoms with Crippen molar-refractivity contribution in [2.24, 2.45) is 0 Å². The predicted octanol–water partition coefficient (Wildman–Crippen LogP) is 1.22. The molecule has 0 aromatic carbocycles. The lowest BCUT2D eigenvalue weighted by Crippen LogP contribution is -1.90. The summed E-state index contributed by atoms with van der Waals surface area (Å²) < 4.78 is 4.15. The second-order valence-electron chi connectivity index (χ2n) is 0.496. The highest BCUT2D eigenvalue weighted by atomic mass is 127. The summed E-state index contributed by atoms with van der Waals surface area (Å²) in [5.74, 6) is 0. The van der Waals surface area contributed by atoms with Crippen molar-refractivity contribution >= 4 is 47.6 Å². The van der Waals surface area contributed by atoms with E-state index in [4.69, 9.17) is 4.43 Å². The van der Waals surface area contributed by atoms with E-state index in [1.807, 2.05) is 0 Å². The zero-order chi connectivity index (χ0) is 4.28. The Labute approximate surface area is 58.6 Å². The van der Waals surface area contributed by atoms with Crippen molar-refractivity contribution in [3.63, 3.8) is 0 Å². The molecule has 0 atom stereocenters. The fourth-order valence-corrected chi connectivity index (χ4v) is 0. The maximum Gasteiger partial charge on any atom is 0.309 e. The van der Waals surface area contributed by atoms with E-state index in [-0.39, 0.29) is 0 Å². The van der Waals surface area contributed by atoms with Gasteiger partial charge in [-0.25, -0.2) is 0 Å². The van der Waals surface area contributed by atoms with Gasteiger partial charge in [-0.15, -0.1) is 0 Å². The van der Waals surface area contributed by atoms with Crippen LogP contribution in [0.25, 0.3) is 0 Å². The van der Waals surface area contributed by atoms with Gasteiger partial charge >= 0.3 is 4.03 Å². The molecule has 0 heterocycles. The Morgan fingerprint density at radius 2 is 1.80 bits per heavy atom. The van der Waals surface area contributed by atoms with Gasteiger partial charge in [0.1, 0.15) is 0 Å². The molecule has 0 bridgehead atoms. The Balaban J connectivity index is 2.54. The molecule has 0 unspecified atom stereocenters. The maximum atomic E-state index is 4.86. The van der Waals surface area contributed by atoms with Crippen LogP contribution >= 0.6 is 43.6 Å². The first kappa shape index (κ1) is 6.64. The fraction of sp³-hybridized carbons (Fsp3) is 1.00. The zero-order valence-electron chi connectivity index (χ0n) is 2.74. The van der Waals surface area contributed by atoms with Crippen molar-refractivity contribution in [3.8, 4) is 0 Å². The summed E-state index contributed by atoms with van der Waals surface area (Å²) in [5.41, 5.74) is 0. The molecule has 4 heteroatoms. The van der Waals surface area contributed by atoms with Crippen molar-refractivity contribution in [3.05, 3.63) is 0 Å². The van der Waals surface area contributed by atoms with Gasteiger partial charge in [0.2, 0.25) is 0 Å². The second kappa shape index (κ2) is 3.81. The van der Waals surface area contributed by atoms with E-state index in [2.05, 4.69) is 43.6 Å². The lowest BCUT2D eigenvalue weighted by molar-refractivity contribution is 0.456. The summed E-state index contributed by atoms with van der Waals surface area (Å²) in [6, 6.07) is 0. The van der Waals surface area contributed by atoms with Crippen LogP contribution in [0.1, 0.15) is 0 Å². The Kier molecular flexibility index (Phi) is 5.06. The van der Waals surface area contributed by atoms with Gasteiger partial charge in [-0.3, -0.25) is 0 Å². The first-order valence-corrected chi connectivity index (χ1v) is 9.90. The molecule has 0 aliphatic heterocycles. The highest BCUT2D eigenvalue weighted by Crippen LogP contribution is 2.01. The Bertz CT molecular complexity index is 23.6. The first-order chi connectivity index (χ1) is 2.27. The van der Waals surface area contributed by atoms with Gasteiger partial charge in [-0.2, -0.15) is 0 Å². The number of halogens is 2. The van der Waals surface area contributed by atoms with Crippen LogP contribution < -0.4 is 0 Å². The van der Waals surface area contributed by atoms with E-state index in [1.54, 1.807) is 7.11 Å².